The molecule has 1 saturated carbocycles. The molecule has 0 N–H and O–H groups in total. The molecule has 2 aliphatic rings. The van der Waals surface area contributed by atoms with Crippen molar-refractivity contribution in [2.45, 2.75) is 37.3 Å². The van der Waals surface area contributed by atoms with Crippen LogP contribution in [0.1, 0.15) is 36.2 Å². The Hall–Kier alpha value is -1.95. The van der Waals surface area contributed by atoms with Crippen LogP contribution < -0.4 is 0 Å². The van der Waals surface area contributed by atoms with Crippen LogP contribution in [0.4, 0.5) is 13.2 Å². The lowest BCUT2D eigenvalue weighted by Gasteiger charge is -2.21. The van der Waals surface area contributed by atoms with E-state index in [2.05, 4.69) is 14.9 Å². The number of aromatic nitrogens is 2. The van der Waals surface area contributed by atoms with Gasteiger partial charge in [0.15, 0.2) is 0 Å². The van der Waals surface area contributed by atoms with Crippen molar-refractivity contribution in [1.82, 2.24) is 14.9 Å². The molecule has 1 aromatic heterocycles. The van der Waals surface area contributed by atoms with Gasteiger partial charge in [-0.05, 0) is 55.5 Å². The van der Waals surface area contributed by atoms with Crippen LogP contribution in [0.3, 0.4) is 0 Å². The molecule has 1 aliphatic heterocycles. The van der Waals surface area contributed by atoms with Gasteiger partial charge in [-0.2, -0.15) is 13.2 Å². The third-order valence-corrected chi connectivity index (χ3v) is 5.75. The Morgan fingerprint density at radius 2 is 1.81 bits per heavy atom. The standard InChI is InChI=1S/C20H22F3N3/c21-20(22,23)16-7-5-15(6-8-16)19-12-17(19)13-26(14-19)11-2-1-4-18-24-9-3-10-25-18/h3,5-10,17H,1-2,4,11-14H2/t17-,19+/m0/s1. The van der Waals surface area contributed by atoms with Crippen LogP contribution in [0, 0.1) is 5.92 Å². The molecule has 6 heteroatoms. The molecule has 2 heterocycles. The predicted octanol–water partition coefficient (Wildman–Crippen LogP) is 4.09. The Bertz CT molecular complexity index is 745. The molecule has 3 nitrogen and oxygen atoms in total. The summed E-state index contributed by atoms with van der Waals surface area (Å²) in [6, 6.07) is 7.63. The first-order valence-corrected chi connectivity index (χ1v) is 9.13. The second kappa shape index (κ2) is 6.65. The fourth-order valence-electron chi connectivity index (χ4n) is 4.27. The van der Waals surface area contributed by atoms with Gasteiger partial charge in [0, 0.05) is 37.3 Å². The number of alkyl halides is 3. The third kappa shape index (κ3) is 3.47. The minimum atomic E-state index is -4.26. The molecule has 2 aromatic rings. The highest BCUT2D eigenvalue weighted by Gasteiger charge is 2.60. The van der Waals surface area contributed by atoms with Crippen LogP contribution in [-0.4, -0.2) is 34.5 Å². The SMILES string of the molecule is FC(F)(F)c1ccc([C@]23C[C@H]2CN(CCCCc2ncccn2)C3)cc1. The number of benzene rings is 1. The zero-order valence-corrected chi connectivity index (χ0v) is 14.5. The van der Waals surface area contributed by atoms with Crippen molar-refractivity contribution in [3.63, 3.8) is 0 Å². The molecular formula is C20H22F3N3. The lowest BCUT2D eigenvalue weighted by Crippen LogP contribution is -2.27. The Labute approximate surface area is 151 Å². The summed E-state index contributed by atoms with van der Waals surface area (Å²) in [5.41, 5.74) is 0.593. The molecule has 0 radical (unpaired) electrons. The number of piperidine rings is 1. The molecule has 0 unspecified atom stereocenters. The van der Waals surface area contributed by atoms with Gasteiger partial charge in [-0.3, -0.25) is 0 Å². The third-order valence-electron chi connectivity index (χ3n) is 5.75. The van der Waals surface area contributed by atoms with E-state index in [0.717, 1.165) is 56.7 Å². The number of likely N-dealkylation sites (tertiary alicyclic amines) is 1. The highest BCUT2D eigenvalue weighted by Crippen LogP contribution is 2.59. The molecule has 1 aliphatic carbocycles. The molecule has 138 valence electrons. The van der Waals surface area contributed by atoms with Crippen molar-refractivity contribution >= 4 is 0 Å². The van der Waals surface area contributed by atoms with Crippen LogP contribution in [0.2, 0.25) is 0 Å². The molecular weight excluding hydrogens is 339 g/mol. The Balaban J connectivity index is 1.28. The van der Waals surface area contributed by atoms with Gasteiger partial charge in [0.2, 0.25) is 0 Å². The first kappa shape index (κ1) is 17.5. The molecule has 4 rings (SSSR count). The number of rotatable bonds is 6. The largest absolute Gasteiger partial charge is 0.416 e. The van der Waals surface area contributed by atoms with E-state index >= 15 is 0 Å². The van der Waals surface area contributed by atoms with Crippen LogP contribution in [-0.2, 0) is 18.0 Å². The van der Waals surface area contributed by atoms with E-state index in [1.165, 1.54) is 12.1 Å². The van der Waals surface area contributed by atoms with Gasteiger partial charge in [-0.1, -0.05) is 12.1 Å². The average molecular weight is 361 g/mol. The van der Waals surface area contributed by atoms with E-state index in [9.17, 15) is 13.2 Å². The molecule has 1 aromatic carbocycles. The topological polar surface area (TPSA) is 29.0 Å². The smallest absolute Gasteiger partial charge is 0.302 e. The highest BCUT2D eigenvalue weighted by molar-refractivity contribution is 5.39. The van der Waals surface area contributed by atoms with Gasteiger partial charge >= 0.3 is 6.18 Å². The maximum atomic E-state index is 12.7. The van der Waals surface area contributed by atoms with E-state index in [-0.39, 0.29) is 5.41 Å². The number of nitrogens with zero attached hydrogens (tertiary/aromatic N) is 3. The fourth-order valence-corrected chi connectivity index (χ4v) is 4.27. The summed E-state index contributed by atoms with van der Waals surface area (Å²) in [4.78, 5) is 10.9. The van der Waals surface area contributed by atoms with Gasteiger partial charge < -0.3 is 4.90 Å². The van der Waals surface area contributed by atoms with Gasteiger partial charge in [0.1, 0.15) is 5.82 Å². The van der Waals surface area contributed by atoms with E-state index in [1.807, 2.05) is 6.07 Å². The molecule has 0 bridgehead atoms. The van der Waals surface area contributed by atoms with Gasteiger partial charge in [-0.25, -0.2) is 9.97 Å². The van der Waals surface area contributed by atoms with Crippen LogP contribution in [0.15, 0.2) is 42.7 Å². The minimum Gasteiger partial charge on any atom is -0.302 e. The summed E-state index contributed by atoms with van der Waals surface area (Å²) in [5, 5.41) is 0. The fraction of sp³-hybridized carbons (Fsp3) is 0.500. The number of halogens is 3. The summed E-state index contributed by atoms with van der Waals surface area (Å²) in [5.74, 6) is 1.48. The summed E-state index contributed by atoms with van der Waals surface area (Å²) >= 11 is 0. The van der Waals surface area contributed by atoms with Crippen LogP contribution in [0.25, 0.3) is 0 Å². The maximum Gasteiger partial charge on any atom is 0.416 e. The predicted molar refractivity (Wildman–Crippen MR) is 92.6 cm³/mol. The summed E-state index contributed by atoms with van der Waals surface area (Å²) in [7, 11) is 0. The molecule has 26 heavy (non-hydrogen) atoms. The van der Waals surface area contributed by atoms with Crippen LogP contribution >= 0.6 is 0 Å². The van der Waals surface area contributed by atoms with Gasteiger partial charge in [0.25, 0.3) is 0 Å². The molecule has 2 atom stereocenters. The van der Waals surface area contributed by atoms with E-state index < -0.39 is 11.7 Å². The zero-order chi connectivity index (χ0) is 18.2. The zero-order valence-electron chi connectivity index (χ0n) is 14.5. The minimum absolute atomic E-state index is 0.0900. The van der Waals surface area contributed by atoms with Crippen molar-refractivity contribution in [3.8, 4) is 0 Å². The normalized spacial score (nSPS) is 25.3. The Morgan fingerprint density at radius 3 is 2.50 bits per heavy atom. The Kier molecular flexibility index (Phi) is 4.47. The molecule has 1 saturated heterocycles. The highest BCUT2D eigenvalue weighted by atomic mass is 19.4. The van der Waals surface area contributed by atoms with E-state index in [1.54, 1.807) is 24.5 Å². The van der Waals surface area contributed by atoms with Crippen LogP contribution in [0.5, 0.6) is 0 Å². The molecule has 0 spiro atoms. The maximum absolute atomic E-state index is 12.7. The molecule has 0 amide bonds. The van der Waals surface area contributed by atoms with Crippen molar-refractivity contribution in [2.24, 2.45) is 5.92 Å². The lowest BCUT2D eigenvalue weighted by atomic mass is 9.94. The summed E-state index contributed by atoms with van der Waals surface area (Å²) < 4.78 is 38.2. The Morgan fingerprint density at radius 1 is 1.08 bits per heavy atom. The number of aryl methyl sites for hydroxylation is 1. The van der Waals surface area contributed by atoms with E-state index in [4.69, 9.17) is 0 Å². The van der Waals surface area contributed by atoms with Gasteiger partial charge in [-0.15, -0.1) is 0 Å². The van der Waals surface area contributed by atoms with Crippen molar-refractivity contribution in [3.05, 3.63) is 59.7 Å². The summed E-state index contributed by atoms with van der Waals surface area (Å²) in [6.45, 7) is 3.06. The first-order valence-electron chi connectivity index (χ1n) is 9.13. The quantitative estimate of drug-likeness (QED) is 0.726. The second-order valence-corrected chi connectivity index (χ2v) is 7.49. The second-order valence-electron chi connectivity index (χ2n) is 7.49. The average Bonchev–Trinajstić information content (AvgIpc) is 3.21. The number of hydrogen-bond acceptors (Lipinski definition) is 3. The van der Waals surface area contributed by atoms with Gasteiger partial charge in [0.05, 0.1) is 5.56 Å². The summed E-state index contributed by atoms with van der Waals surface area (Å²) in [6.07, 6.45) is 3.42. The van der Waals surface area contributed by atoms with Crippen molar-refractivity contribution in [2.75, 3.05) is 19.6 Å². The van der Waals surface area contributed by atoms with E-state index in [0.29, 0.717) is 5.92 Å². The lowest BCUT2D eigenvalue weighted by molar-refractivity contribution is -0.137. The number of fused-ring (bicyclic) bond motifs is 1. The monoisotopic (exact) mass is 361 g/mol. The number of unbranched alkanes of at least 4 members (excludes halogenated alkanes) is 1. The molecule has 2 fully saturated rings. The van der Waals surface area contributed by atoms with Crippen molar-refractivity contribution in [1.29, 1.82) is 0 Å². The number of hydrogen-bond donors (Lipinski definition) is 0. The van der Waals surface area contributed by atoms with Crippen molar-refractivity contribution < 1.29 is 13.2 Å². The first-order chi connectivity index (χ1) is 12.5.